The summed E-state index contributed by atoms with van der Waals surface area (Å²) in [4.78, 5) is 0. The van der Waals surface area contributed by atoms with E-state index in [0.717, 1.165) is 25.1 Å². The lowest BCUT2D eigenvalue weighted by Crippen LogP contribution is -2.31. The van der Waals surface area contributed by atoms with E-state index in [2.05, 4.69) is 21.2 Å². The first kappa shape index (κ1) is 12.1. The van der Waals surface area contributed by atoms with Crippen LogP contribution in [-0.2, 0) is 6.42 Å². The Labute approximate surface area is 105 Å². The summed E-state index contributed by atoms with van der Waals surface area (Å²) in [6.07, 6.45) is 3.59. The molecule has 3 heteroatoms. The molecule has 0 aliphatic carbocycles. The summed E-state index contributed by atoms with van der Waals surface area (Å²) in [5, 5.41) is 3.41. The SMILES string of the molecule is Cc1c(CC2CCCNC2)ccc(F)c1Br. The highest BCUT2D eigenvalue weighted by atomic mass is 79.9. The molecule has 0 spiro atoms. The van der Waals surface area contributed by atoms with Crippen molar-refractivity contribution in [2.45, 2.75) is 26.2 Å². The smallest absolute Gasteiger partial charge is 0.137 e. The van der Waals surface area contributed by atoms with Gasteiger partial charge in [0.05, 0.1) is 4.47 Å². The van der Waals surface area contributed by atoms with Crippen LogP contribution in [0.2, 0.25) is 0 Å². The van der Waals surface area contributed by atoms with Crippen LogP contribution in [0, 0.1) is 18.7 Å². The molecule has 16 heavy (non-hydrogen) atoms. The summed E-state index contributed by atoms with van der Waals surface area (Å²) in [6.45, 7) is 4.22. The number of hydrogen-bond donors (Lipinski definition) is 1. The van der Waals surface area contributed by atoms with Crippen molar-refractivity contribution < 1.29 is 4.39 Å². The van der Waals surface area contributed by atoms with Crippen molar-refractivity contribution in [2.75, 3.05) is 13.1 Å². The largest absolute Gasteiger partial charge is 0.316 e. The third kappa shape index (κ3) is 2.64. The molecule has 1 fully saturated rings. The van der Waals surface area contributed by atoms with Gasteiger partial charge in [-0.05, 0) is 78.3 Å². The number of hydrogen-bond acceptors (Lipinski definition) is 1. The summed E-state index contributed by atoms with van der Waals surface area (Å²) in [5.41, 5.74) is 2.31. The van der Waals surface area contributed by atoms with Crippen molar-refractivity contribution in [3.8, 4) is 0 Å². The lowest BCUT2D eigenvalue weighted by Gasteiger charge is -2.23. The first-order valence-corrected chi connectivity index (χ1v) is 6.62. The fraction of sp³-hybridized carbons (Fsp3) is 0.538. The minimum atomic E-state index is -0.164. The van der Waals surface area contributed by atoms with E-state index in [0.29, 0.717) is 10.4 Å². The zero-order chi connectivity index (χ0) is 11.5. The minimum absolute atomic E-state index is 0.164. The van der Waals surface area contributed by atoms with Gasteiger partial charge in [-0.1, -0.05) is 6.07 Å². The minimum Gasteiger partial charge on any atom is -0.316 e. The second-order valence-electron chi connectivity index (χ2n) is 4.56. The van der Waals surface area contributed by atoms with E-state index in [1.807, 2.05) is 13.0 Å². The Morgan fingerprint density at radius 3 is 3.00 bits per heavy atom. The molecule has 1 unspecified atom stereocenters. The molecule has 1 atom stereocenters. The molecule has 88 valence electrons. The predicted octanol–water partition coefficient (Wildman–Crippen LogP) is 3.44. The van der Waals surface area contributed by atoms with Crippen LogP contribution < -0.4 is 5.32 Å². The fourth-order valence-electron chi connectivity index (χ4n) is 2.32. The van der Waals surface area contributed by atoms with Crippen molar-refractivity contribution in [1.82, 2.24) is 5.32 Å². The van der Waals surface area contributed by atoms with E-state index >= 15 is 0 Å². The Balaban J connectivity index is 2.11. The van der Waals surface area contributed by atoms with E-state index in [1.54, 1.807) is 6.07 Å². The Morgan fingerprint density at radius 1 is 1.50 bits per heavy atom. The third-order valence-corrected chi connectivity index (χ3v) is 4.33. The topological polar surface area (TPSA) is 12.0 Å². The van der Waals surface area contributed by atoms with Gasteiger partial charge in [-0.3, -0.25) is 0 Å². The number of nitrogens with one attached hydrogen (secondary N) is 1. The van der Waals surface area contributed by atoms with Crippen molar-refractivity contribution in [2.24, 2.45) is 5.92 Å². The van der Waals surface area contributed by atoms with Crippen LogP contribution in [-0.4, -0.2) is 13.1 Å². The van der Waals surface area contributed by atoms with Crippen LogP contribution in [0.15, 0.2) is 16.6 Å². The number of piperidine rings is 1. The van der Waals surface area contributed by atoms with Crippen molar-refractivity contribution in [3.05, 3.63) is 33.5 Å². The molecule has 0 bridgehead atoms. The molecule has 0 saturated carbocycles. The lowest BCUT2D eigenvalue weighted by molar-refractivity contribution is 0.375. The average Bonchev–Trinajstić information content (AvgIpc) is 2.31. The van der Waals surface area contributed by atoms with Gasteiger partial charge in [0, 0.05) is 0 Å². The highest BCUT2D eigenvalue weighted by Gasteiger charge is 2.16. The predicted molar refractivity (Wildman–Crippen MR) is 68.1 cm³/mol. The number of halogens is 2. The van der Waals surface area contributed by atoms with Gasteiger partial charge in [-0.15, -0.1) is 0 Å². The zero-order valence-electron chi connectivity index (χ0n) is 9.52. The molecular formula is C13H17BrFN. The Hall–Kier alpha value is -0.410. The van der Waals surface area contributed by atoms with Crippen LogP contribution in [0.1, 0.15) is 24.0 Å². The van der Waals surface area contributed by atoms with Crippen LogP contribution in [0.3, 0.4) is 0 Å². The zero-order valence-corrected chi connectivity index (χ0v) is 11.1. The molecule has 1 aromatic rings. The first-order chi connectivity index (χ1) is 7.68. The van der Waals surface area contributed by atoms with Gasteiger partial charge in [0.1, 0.15) is 5.82 Å². The van der Waals surface area contributed by atoms with E-state index in [4.69, 9.17) is 0 Å². The van der Waals surface area contributed by atoms with E-state index < -0.39 is 0 Å². The standard InChI is InChI=1S/C13H17BrFN/c1-9-11(4-5-12(15)13(9)14)7-10-3-2-6-16-8-10/h4-5,10,16H,2-3,6-8H2,1H3. The Bertz CT molecular complexity index is 372. The van der Waals surface area contributed by atoms with Crippen LogP contribution in [0.5, 0.6) is 0 Å². The van der Waals surface area contributed by atoms with Gasteiger partial charge in [0.25, 0.3) is 0 Å². The van der Waals surface area contributed by atoms with Crippen molar-refractivity contribution in [1.29, 1.82) is 0 Å². The van der Waals surface area contributed by atoms with E-state index in [-0.39, 0.29) is 5.82 Å². The molecule has 1 aliphatic heterocycles. The monoisotopic (exact) mass is 285 g/mol. The maximum atomic E-state index is 13.3. The second kappa shape index (κ2) is 5.28. The highest BCUT2D eigenvalue weighted by Crippen LogP contribution is 2.26. The first-order valence-electron chi connectivity index (χ1n) is 5.82. The van der Waals surface area contributed by atoms with E-state index in [1.165, 1.54) is 18.4 Å². The normalized spacial score (nSPS) is 21.1. The molecular weight excluding hydrogens is 269 g/mol. The fourth-order valence-corrected chi connectivity index (χ4v) is 2.71. The van der Waals surface area contributed by atoms with Gasteiger partial charge in [-0.2, -0.15) is 0 Å². The Morgan fingerprint density at radius 2 is 2.31 bits per heavy atom. The summed E-state index contributed by atoms with van der Waals surface area (Å²) in [6, 6.07) is 3.48. The number of benzene rings is 1. The second-order valence-corrected chi connectivity index (χ2v) is 5.35. The maximum Gasteiger partial charge on any atom is 0.137 e. The molecule has 1 heterocycles. The van der Waals surface area contributed by atoms with Gasteiger partial charge in [0.2, 0.25) is 0 Å². The van der Waals surface area contributed by atoms with Gasteiger partial charge in [-0.25, -0.2) is 4.39 Å². The average molecular weight is 286 g/mol. The van der Waals surface area contributed by atoms with Crippen molar-refractivity contribution in [3.63, 3.8) is 0 Å². The molecule has 1 N–H and O–H groups in total. The van der Waals surface area contributed by atoms with Gasteiger partial charge in [0.15, 0.2) is 0 Å². The molecule has 1 aromatic carbocycles. The Kier molecular flexibility index (Phi) is 3.98. The quantitative estimate of drug-likeness (QED) is 0.878. The molecule has 1 saturated heterocycles. The van der Waals surface area contributed by atoms with Crippen molar-refractivity contribution >= 4 is 15.9 Å². The molecule has 0 radical (unpaired) electrons. The van der Waals surface area contributed by atoms with Gasteiger partial charge >= 0.3 is 0 Å². The molecule has 0 aromatic heterocycles. The lowest BCUT2D eigenvalue weighted by atomic mass is 9.90. The summed E-state index contributed by atoms with van der Waals surface area (Å²) < 4.78 is 13.9. The van der Waals surface area contributed by atoms with Crippen LogP contribution in [0.25, 0.3) is 0 Å². The summed E-state index contributed by atoms with van der Waals surface area (Å²) in [7, 11) is 0. The summed E-state index contributed by atoms with van der Waals surface area (Å²) >= 11 is 3.30. The number of rotatable bonds is 2. The van der Waals surface area contributed by atoms with Crippen LogP contribution >= 0.6 is 15.9 Å². The molecule has 0 amide bonds. The highest BCUT2D eigenvalue weighted by molar-refractivity contribution is 9.10. The maximum absolute atomic E-state index is 13.3. The van der Waals surface area contributed by atoms with E-state index in [9.17, 15) is 4.39 Å². The molecule has 1 nitrogen and oxygen atoms in total. The van der Waals surface area contributed by atoms with Crippen LogP contribution in [0.4, 0.5) is 4.39 Å². The van der Waals surface area contributed by atoms with Gasteiger partial charge < -0.3 is 5.32 Å². The summed E-state index contributed by atoms with van der Waals surface area (Å²) in [5.74, 6) is 0.535. The molecule has 2 rings (SSSR count). The molecule has 1 aliphatic rings. The third-order valence-electron chi connectivity index (χ3n) is 3.36.